The Balaban J connectivity index is 1.77. The number of benzene rings is 1. The molecule has 27 heavy (non-hydrogen) atoms. The molecular weight excluding hydrogens is 366 g/mol. The summed E-state index contributed by atoms with van der Waals surface area (Å²) >= 11 is 1.34. The van der Waals surface area contributed by atoms with Gasteiger partial charge in [0, 0.05) is 11.9 Å². The van der Waals surface area contributed by atoms with E-state index in [1.165, 1.54) is 11.8 Å². The maximum absolute atomic E-state index is 12.5. The van der Waals surface area contributed by atoms with Gasteiger partial charge in [-0.25, -0.2) is 4.79 Å². The number of Topliss-reactive ketones (excluding diaryl/α,β-unsaturated/α-hetero) is 1. The molecule has 7 nitrogen and oxygen atoms in total. The summed E-state index contributed by atoms with van der Waals surface area (Å²) in [7, 11) is 1.79. The molecular formula is C19H17N3O4S. The van der Waals surface area contributed by atoms with Crippen molar-refractivity contribution in [3.63, 3.8) is 0 Å². The van der Waals surface area contributed by atoms with Crippen molar-refractivity contribution >= 4 is 29.2 Å². The van der Waals surface area contributed by atoms with E-state index >= 15 is 0 Å². The average molecular weight is 383 g/mol. The molecule has 0 saturated heterocycles. The second-order valence-corrected chi connectivity index (χ2v) is 6.86. The topological polar surface area (TPSA) is 96.4 Å². The van der Waals surface area contributed by atoms with Gasteiger partial charge in [-0.1, -0.05) is 36.0 Å². The number of nitriles is 1. The normalized spacial score (nSPS) is 14.5. The van der Waals surface area contributed by atoms with E-state index in [0.29, 0.717) is 22.9 Å². The predicted octanol–water partition coefficient (Wildman–Crippen LogP) is 3.25. The number of hydrogen-bond donors (Lipinski definition) is 0. The first-order chi connectivity index (χ1) is 13.0. The summed E-state index contributed by atoms with van der Waals surface area (Å²) in [5, 5.41) is 13.8. The summed E-state index contributed by atoms with van der Waals surface area (Å²) in [4.78, 5) is 27.6. The first-order valence-corrected chi connectivity index (χ1v) is 9.10. The molecule has 0 atom stereocenters. The van der Waals surface area contributed by atoms with Gasteiger partial charge in [0.05, 0.1) is 11.4 Å². The van der Waals surface area contributed by atoms with Crippen LogP contribution in [0.5, 0.6) is 0 Å². The Kier molecular flexibility index (Phi) is 5.33. The van der Waals surface area contributed by atoms with Crippen LogP contribution < -0.4 is 4.90 Å². The fourth-order valence-corrected chi connectivity index (χ4v) is 3.91. The summed E-state index contributed by atoms with van der Waals surface area (Å²) in [6.07, 6.45) is 0.503. The van der Waals surface area contributed by atoms with E-state index in [1.807, 2.05) is 37.3 Å². The molecule has 1 aromatic heterocycles. The van der Waals surface area contributed by atoms with E-state index in [0.717, 1.165) is 10.6 Å². The lowest BCUT2D eigenvalue weighted by Gasteiger charge is -2.14. The lowest BCUT2D eigenvalue weighted by atomic mass is 10.1. The average Bonchev–Trinajstić information content (AvgIpc) is 3.21. The molecule has 0 bridgehead atoms. The molecule has 0 amide bonds. The van der Waals surface area contributed by atoms with Crippen LogP contribution in [0.25, 0.3) is 0 Å². The highest BCUT2D eigenvalue weighted by atomic mass is 32.2. The van der Waals surface area contributed by atoms with E-state index in [2.05, 4.69) is 5.16 Å². The number of carbonyl (C=O) groups is 2. The number of hydrogen-bond acceptors (Lipinski definition) is 8. The molecule has 8 heteroatoms. The van der Waals surface area contributed by atoms with E-state index in [-0.39, 0.29) is 11.1 Å². The Bertz CT molecular complexity index is 987. The van der Waals surface area contributed by atoms with Crippen LogP contribution in [0.3, 0.4) is 0 Å². The highest BCUT2D eigenvalue weighted by molar-refractivity contribution is 8.03. The molecule has 0 aliphatic carbocycles. The number of ketones is 1. The van der Waals surface area contributed by atoms with Crippen LogP contribution in [0.1, 0.15) is 28.7 Å². The fraction of sp³-hybridized carbons (Fsp3) is 0.263. The van der Waals surface area contributed by atoms with E-state index in [1.54, 1.807) is 18.9 Å². The summed E-state index contributed by atoms with van der Waals surface area (Å²) < 4.78 is 10.1. The Labute approximate surface area is 160 Å². The van der Waals surface area contributed by atoms with Gasteiger partial charge in [-0.2, -0.15) is 5.26 Å². The summed E-state index contributed by atoms with van der Waals surface area (Å²) in [6.45, 7) is 2.92. The van der Waals surface area contributed by atoms with Crippen molar-refractivity contribution in [3.8, 4) is 6.07 Å². The molecule has 0 N–H and O–H groups in total. The Morgan fingerprint density at radius 3 is 2.78 bits per heavy atom. The van der Waals surface area contributed by atoms with Crippen molar-refractivity contribution in [2.45, 2.75) is 25.2 Å². The summed E-state index contributed by atoms with van der Waals surface area (Å²) in [5.74, 6) is -0.901. The number of thioether (sulfide) groups is 1. The molecule has 3 rings (SSSR count). The van der Waals surface area contributed by atoms with E-state index in [4.69, 9.17) is 9.26 Å². The molecule has 1 aliphatic heterocycles. The van der Waals surface area contributed by atoms with Gasteiger partial charge < -0.3 is 14.2 Å². The zero-order valence-corrected chi connectivity index (χ0v) is 15.9. The number of anilines is 1. The largest absolute Gasteiger partial charge is 0.454 e. The van der Waals surface area contributed by atoms with Crippen molar-refractivity contribution in [1.82, 2.24) is 5.16 Å². The van der Waals surface area contributed by atoms with Gasteiger partial charge in [-0.15, -0.1) is 0 Å². The minimum atomic E-state index is -0.683. The van der Waals surface area contributed by atoms with Gasteiger partial charge in [0.2, 0.25) is 5.78 Å². The Morgan fingerprint density at radius 1 is 1.37 bits per heavy atom. The maximum atomic E-state index is 12.5. The number of para-hydroxylation sites is 1. The van der Waals surface area contributed by atoms with E-state index < -0.39 is 18.4 Å². The second kappa shape index (κ2) is 7.68. The lowest BCUT2D eigenvalue weighted by molar-refractivity contribution is -0.118. The Hall–Kier alpha value is -3.05. The number of nitrogens with zero attached hydrogens (tertiary/aromatic N) is 3. The number of aromatic nitrogens is 1. The molecule has 1 aliphatic rings. The zero-order chi connectivity index (χ0) is 19.6. The van der Waals surface area contributed by atoms with Crippen LogP contribution in [0.2, 0.25) is 0 Å². The third-order valence-electron chi connectivity index (χ3n) is 4.15. The van der Waals surface area contributed by atoms with Crippen molar-refractivity contribution < 1.29 is 18.8 Å². The number of ether oxygens (including phenoxy) is 1. The molecule has 1 aromatic carbocycles. The Morgan fingerprint density at radius 2 is 2.11 bits per heavy atom. The fourth-order valence-electron chi connectivity index (χ4n) is 2.75. The van der Waals surface area contributed by atoms with Crippen LogP contribution in [-0.2, 0) is 16.0 Å². The standard InChI is InChI=1S/C19H17N3O4S/c1-4-13-17(11(2)26-21-13)19(24)25-10-15(23)12(9-20)18-22(3)14-7-5-6-8-16(14)27-18/h5-8H,4,10H2,1-3H3/b18-12-. The highest BCUT2D eigenvalue weighted by Gasteiger charge is 2.29. The second-order valence-electron chi connectivity index (χ2n) is 5.83. The SMILES string of the molecule is CCc1noc(C)c1C(=O)OCC(=O)/C(C#N)=C1\Sc2ccccc2N1C. The summed E-state index contributed by atoms with van der Waals surface area (Å²) in [6, 6.07) is 9.56. The van der Waals surface area contributed by atoms with Crippen LogP contribution in [0.4, 0.5) is 5.69 Å². The quantitative estimate of drug-likeness (QED) is 0.441. The predicted molar refractivity (Wildman–Crippen MR) is 99.2 cm³/mol. The van der Waals surface area contributed by atoms with Crippen molar-refractivity contribution in [1.29, 1.82) is 5.26 Å². The lowest BCUT2D eigenvalue weighted by Crippen LogP contribution is -2.20. The molecule has 0 spiro atoms. The van der Waals surface area contributed by atoms with Gasteiger partial charge in [-0.05, 0) is 25.5 Å². The molecule has 2 heterocycles. The van der Waals surface area contributed by atoms with Crippen LogP contribution >= 0.6 is 11.8 Å². The maximum Gasteiger partial charge on any atom is 0.344 e. The minimum absolute atomic E-state index is 0.0377. The van der Waals surface area contributed by atoms with Gasteiger partial charge in [0.15, 0.2) is 6.61 Å². The number of rotatable bonds is 5. The molecule has 0 saturated carbocycles. The third kappa shape index (κ3) is 3.46. The number of carbonyl (C=O) groups excluding carboxylic acids is 2. The monoisotopic (exact) mass is 383 g/mol. The summed E-state index contributed by atoms with van der Waals surface area (Å²) in [5.41, 5.74) is 1.59. The van der Waals surface area contributed by atoms with Gasteiger partial charge >= 0.3 is 5.97 Å². The molecule has 0 fully saturated rings. The van der Waals surface area contributed by atoms with Crippen molar-refractivity contribution in [3.05, 3.63) is 51.9 Å². The molecule has 2 aromatic rings. The highest BCUT2D eigenvalue weighted by Crippen LogP contribution is 2.46. The zero-order valence-electron chi connectivity index (χ0n) is 15.1. The molecule has 0 radical (unpaired) electrons. The van der Waals surface area contributed by atoms with Crippen LogP contribution in [0.15, 0.2) is 44.3 Å². The molecule has 138 valence electrons. The minimum Gasteiger partial charge on any atom is -0.454 e. The van der Waals surface area contributed by atoms with Crippen molar-refractivity contribution in [2.24, 2.45) is 0 Å². The number of fused-ring (bicyclic) bond motifs is 1. The van der Waals surface area contributed by atoms with E-state index in [9.17, 15) is 14.9 Å². The van der Waals surface area contributed by atoms with Crippen molar-refractivity contribution in [2.75, 3.05) is 18.6 Å². The smallest absolute Gasteiger partial charge is 0.344 e. The molecule has 0 unspecified atom stereocenters. The van der Waals surface area contributed by atoms with Gasteiger partial charge in [0.25, 0.3) is 0 Å². The number of esters is 1. The van der Waals surface area contributed by atoms with Crippen LogP contribution in [0, 0.1) is 18.3 Å². The van der Waals surface area contributed by atoms with Gasteiger partial charge in [0.1, 0.15) is 28.0 Å². The first kappa shape index (κ1) is 18.7. The number of aryl methyl sites for hydroxylation is 2. The third-order valence-corrected chi connectivity index (χ3v) is 5.39. The first-order valence-electron chi connectivity index (χ1n) is 8.28. The van der Waals surface area contributed by atoms with Gasteiger partial charge in [-0.3, -0.25) is 4.79 Å². The van der Waals surface area contributed by atoms with Crippen LogP contribution in [-0.4, -0.2) is 30.6 Å².